The standard InChI is InChI=1S/C4H9NO6P2/c5-3(6)1-2-4-9-12(7)11-13(8)10-4/h3-4,6H,1-2,5H2/q+2. The van der Waals surface area contributed by atoms with Crippen molar-refractivity contribution in [3.05, 3.63) is 0 Å². The average Bonchev–Trinajstić information content (AvgIpc) is 1.99. The van der Waals surface area contributed by atoms with E-state index in [2.05, 4.69) is 13.4 Å². The van der Waals surface area contributed by atoms with Gasteiger partial charge in [-0.15, -0.1) is 0 Å². The second-order valence-corrected chi connectivity index (χ2v) is 4.28. The first-order valence-corrected chi connectivity index (χ1v) is 5.67. The second-order valence-electron chi connectivity index (χ2n) is 2.31. The Labute approximate surface area is 76.1 Å². The van der Waals surface area contributed by atoms with Gasteiger partial charge in [-0.3, -0.25) is 0 Å². The Morgan fingerprint density at radius 2 is 1.92 bits per heavy atom. The van der Waals surface area contributed by atoms with E-state index in [1.807, 2.05) is 0 Å². The van der Waals surface area contributed by atoms with E-state index >= 15 is 0 Å². The van der Waals surface area contributed by atoms with Crippen LogP contribution < -0.4 is 5.73 Å². The van der Waals surface area contributed by atoms with Gasteiger partial charge in [0.05, 0.1) is 0 Å². The molecule has 1 heterocycles. The van der Waals surface area contributed by atoms with Crippen molar-refractivity contribution >= 4 is 16.5 Å². The molecule has 0 aliphatic carbocycles. The van der Waals surface area contributed by atoms with Gasteiger partial charge in [0, 0.05) is 15.6 Å². The van der Waals surface area contributed by atoms with E-state index in [1.165, 1.54) is 0 Å². The molecule has 1 rings (SSSR count). The molecule has 3 unspecified atom stereocenters. The lowest BCUT2D eigenvalue weighted by atomic mass is 10.3. The topological polar surface area (TPSA) is 108 Å². The summed E-state index contributed by atoms with van der Waals surface area (Å²) in [5.41, 5.74) is 5.05. The summed E-state index contributed by atoms with van der Waals surface area (Å²) in [6, 6.07) is 0. The molecule has 0 amide bonds. The smallest absolute Gasteiger partial charge is 0.379 e. The van der Waals surface area contributed by atoms with Crippen LogP contribution in [0.3, 0.4) is 0 Å². The minimum atomic E-state index is -2.38. The molecule has 3 atom stereocenters. The summed E-state index contributed by atoms with van der Waals surface area (Å²) in [7, 11) is -4.76. The summed E-state index contributed by atoms with van der Waals surface area (Å²) in [4.78, 5) is 0. The maximum absolute atomic E-state index is 10.7. The Hall–Kier alpha value is -0.0000000000000000486. The minimum Gasteiger partial charge on any atom is -0.379 e. The van der Waals surface area contributed by atoms with Crippen LogP contribution in [0.4, 0.5) is 0 Å². The van der Waals surface area contributed by atoms with Crippen LogP contribution in [0.15, 0.2) is 0 Å². The highest BCUT2D eigenvalue weighted by Gasteiger charge is 2.51. The molecule has 0 spiro atoms. The average molecular weight is 229 g/mol. The van der Waals surface area contributed by atoms with Gasteiger partial charge in [0.25, 0.3) is 6.29 Å². The minimum absolute atomic E-state index is 0.205. The van der Waals surface area contributed by atoms with Crippen molar-refractivity contribution in [2.45, 2.75) is 25.4 Å². The molecule has 13 heavy (non-hydrogen) atoms. The Bertz CT molecular complexity index is 205. The van der Waals surface area contributed by atoms with Crippen LogP contribution in [0.2, 0.25) is 0 Å². The number of hydrogen-bond donors (Lipinski definition) is 2. The van der Waals surface area contributed by atoms with Crippen molar-refractivity contribution in [3.63, 3.8) is 0 Å². The van der Waals surface area contributed by atoms with Gasteiger partial charge in [0.2, 0.25) is 0 Å². The summed E-state index contributed by atoms with van der Waals surface area (Å²) >= 11 is 0. The third-order valence-corrected chi connectivity index (χ3v) is 3.12. The van der Waals surface area contributed by atoms with Gasteiger partial charge < -0.3 is 10.8 Å². The lowest BCUT2D eigenvalue weighted by Gasteiger charge is -2.06. The van der Waals surface area contributed by atoms with E-state index in [1.54, 1.807) is 0 Å². The van der Waals surface area contributed by atoms with E-state index < -0.39 is 29.0 Å². The SMILES string of the molecule is NC(O)CCC1O[P+](=O)O[P+](=O)O1. The molecule has 1 aliphatic rings. The fourth-order valence-corrected chi connectivity index (χ4v) is 2.21. The molecule has 7 nitrogen and oxygen atoms in total. The van der Waals surface area contributed by atoms with E-state index in [9.17, 15) is 9.13 Å². The zero-order valence-corrected chi connectivity index (χ0v) is 8.32. The van der Waals surface area contributed by atoms with Crippen LogP contribution in [0.5, 0.6) is 0 Å². The summed E-state index contributed by atoms with van der Waals surface area (Å²) in [5.74, 6) is 0. The van der Waals surface area contributed by atoms with E-state index in [-0.39, 0.29) is 12.8 Å². The third kappa shape index (κ3) is 4.15. The van der Waals surface area contributed by atoms with Crippen LogP contribution in [0.25, 0.3) is 0 Å². The zero-order chi connectivity index (χ0) is 9.84. The number of hydrogen-bond acceptors (Lipinski definition) is 7. The summed E-state index contributed by atoms with van der Waals surface area (Å²) < 4.78 is 34.8. The van der Waals surface area contributed by atoms with Crippen LogP contribution in [0, 0.1) is 0 Å². The third-order valence-electron chi connectivity index (χ3n) is 1.24. The predicted molar refractivity (Wildman–Crippen MR) is 41.7 cm³/mol. The van der Waals surface area contributed by atoms with Gasteiger partial charge in [-0.1, -0.05) is 9.05 Å². The van der Waals surface area contributed by atoms with Gasteiger partial charge in [0.1, 0.15) is 6.23 Å². The van der Waals surface area contributed by atoms with Gasteiger partial charge in [0.15, 0.2) is 4.31 Å². The molecular weight excluding hydrogens is 220 g/mol. The summed E-state index contributed by atoms with van der Waals surface area (Å²) in [5, 5.41) is 8.70. The van der Waals surface area contributed by atoms with Crippen molar-refractivity contribution in [1.82, 2.24) is 0 Å². The maximum atomic E-state index is 10.7. The summed E-state index contributed by atoms with van der Waals surface area (Å²) in [6.45, 7) is 0. The van der Waals surface area contributed by atoms with Crippen molar-refractivity contribution in [3.8, 4) is 0 Å². The highest BCUT2D eigenvalue weighted by Crippen LogP contribution is 2.48. The molecular formula is C4H9NO6P2+2. The molecule has 1 saturated heterocycles. The quantitative estimate of drug-likeness (QED) is 0.542. The van der Waals surface area contributed by atoms with Gasteiger partial charge in [-0.25, -0.2) is 0 Å². The molecule has 74 valence electrons. The van der Waals surface area contributed by atoms with E-state index in [4.69, 9.17) is 10.8 Å². The summed E-state index contributed by atoms with van der Waals surface area (Å²) in [6.07, 6.45) is -1.47. The molecule has 0 aromatic heterocycles. The molecule has 1 aliphatic heterocycles. The normalized spacial score (nSPS) is 31.7. The number of nitrogens with two attached hydrogens (primary N) is 1. The highest BCUT2D eigenvalue weighted by atomic mass is 31.2. The Morgan fingerprint density at radius 1 is 1.38 bits per heavy atom. The Balaban J connectivity index is 2.33. The van der Waals surface area contributed by atoms with Crippen molar-refractivity contribution < 1.29 is 27.6 Å². The number of rotatable bonds is 3. The molecule has 0 aromatic carbocycles. The Kier molecular flexibility index (Phi) is 4.28. The van der Waals surface area contributed by atoms with Gasteiger partial charge in [-0.05, 0) is 6.42 Å². The zero-order valence-electron chi connectivity index (χ0n) is 6.53. The fraction of sp³-hybridized carbons (Fsp3) is 1.00. The largest absolute Gasteiger partial charge is 0.750 e. The predicted octanol–water partition coefficient (Wildman–Crippen LogP) is 0.748. The molecule has 0 radical (unpaired) electrons. The van der Waals surface area contributed by atoms with E-state index in [0.717, 1.165) is 0 Å². The van der Waals surface area contributed by atoms with Gasteiger partial charge in [-0.2, -0.15) is 0 Å². The first-order chi connectivity index (χ1) is 6.08. The number of aliphatic hydroxyl groups is 1. The van der Waals surface area contributed by atoms with Crippen LogP contribution in [-0.4, -0.2) is 17.6 Å². The molecule has 0 saturated carbocycles. The van der Waals surface area contributed by atoms with Gasteiger partial charge >= 0.3 is 16.5 Å². The monoisotopic (exact) mass is 229 g/mol. The van der Waals surface area contributed by atoms with Crippen LogP contribution in [-0.2, 0) is 22.5 Å². The molecule has 1 fully saturated rings. The van der Waals surface area contributed by atoms with Crippen molar-refractivity contribution in [1.29, 1.82) is 0 Å². The van der Waals surface area contributed by atoms with Crippen LogP contribution >= 0.6 is 16.5 Å². The molecule has 0 aromatic rings. The number of aliphatic hydroxyl groups excluding tert-OH is 1. The lowest BCUT2D eigenvalue weighted by molar-refractivity contribution is -0.0290. The van der Waals surface area contributed by atoms with E-state index in [0.29, 0.717) is 0 Å². The van der Waals surface area contributed by atoms with Crippen LogP contribution in [0.1, 0.15) is 12.8 Å². The Morgan fingerprint density at radius 3 is 2.38 bits per heavy atom. The van der Waals surface area contributed by atoms with Crippen molar-refractivity contribution in [2.75, 3.05) is 0 Å². The highest BCUT2D eigenvalue weighted by molar-refractivity contribution is 7.48. The molecule has 3 N–H and O–H groups in total. The molecule has 0 bridgehead atoms. The fourth-order valence-electron chi connectivity index (χ4n) is 0.716. The maximum Gasteiger partial charge on any atom is 0.750 e. The lowest BCUT2D eigenvalue weighted by Crippen LogP contribution is -2.23. The molecule has 9 heteroatoms. The van der Waals surface area contributed by atoms with Crippen molar-refractivity contribution in [2.24, 2.45) is 5.73 Å². The first-order valence-electron chi connectivity index (χ1n) is 3.47. The second kappa shape index (κ2) is 5.02. The first kappa shape index (κ1) is 11.1.